The van der Waals surface area contributed by atoms with Crippen LogP contribution in [0, 0.1) is 0 Å². The molecule has 3 rings (SSSR count). The summed E-state index contributed by atoms with van der Waals surface area (Å²) < 4.78 is 7.31. The van der Waals surface area contributed by atoms with E-state index in [2.05, 4.69) is 15.5 Å². The molecule has 0 radical (unpaired) electrons. The average molecular weight is 328 g/mol. The van der Waals surface area contributed by atoms with Crippen molar-refractivity contribution in [1.82, 2.24) is 20.2 Å². The average Bonchev–Trinajstić information content (AvgIpc) is 3.05. The largest absolute Gasteiger partial charge is 0.508 e. The maximum atomic E-state index is 9.34. The van der Waals surface area contributed by atoms with Crippen molar-refractivity contribution in [2.24, 2.45) is 0 Å². The molecule has 118 valence electrons. The Hall–Kier alpha value is -2.54. The number of rotatable bonds is 7. The number of hydrogen-bond acceptors (Lipinski definition) is 6. The normalized spacial score (nSPS) is 10.6. The van der Waals surface area contributed by atoms with Gasteiger partial charge in [0.2, 0.25) is 5.16 Å². The molecule has 7 heteroatoms. The lowest BCUT2D eigenvalue weighted by Gasteiger charge is -2.06. The molecule has 0 aliphatic carbocycles. The van der Waals surface area contributed by atoms with E-state index in [1.807, 2.05) is 30.3 Å². The molecule has 0 atom stereocenters. The first kappa shape index (κ1) is 15.4. The van der Waals surface area contributed by atoms with Gasteiger partial charge in [-0.15, -0.1) is 5.10 Å². The Balaban J connectivity index is 1.49. The minimum absolute atomic E-state index is 0.217. The topological polar surface area (TPSA) is 73.1 Å². The Labute approximate surface area is 138 Å². The molecule has 0 bridgehead atoms. The minimum Gasteiger partial charge on any atom is -0.508 e. The van der Waals surface area contributed by atoms with E-state index in [1.165, 1.54) is 0 Å². The van der Waals surface area contributed by atoms with Gasteiger partial charge in [0.25, 0.3) is 0 Å². The summed E-state index contributed by atoms with van der Waals surface area (Å²) in [5, 5.41) is 21.8. The number of aromatic nitrogens is 4. The second-order valence-corrected chi connectivity index (χ2v) is 5.82. The van der Waals surface area contributed by atoms with Gasteiger partial charge in [0.05, 0.1) is 12.3 Å². The molecule has 1 heterocycles. The summed E-state index contributed by atoms with van der Waals surface area (Å²) in [7, 11) is 0. The van der Waals surface area contributed by atoms with Crippen molar-refractivity contribution in [3.63, 3.8) is 0 Å². The molecule has 0 aliphatic heterocycles. The molecule has 0 spiro atoms. The van der Waals surface area contributed by atoms with Crippen LogP contribution in [0.4, 0.5) is 0 Å². The second kappa shape index (κ2) is 7.64. The van der Waals surface area contributed by atoms with Gasteiger partial charge in [0.15, 0.2) is 0 Å². The first-order valence-electron chi connectivity index (χ1n) is 7.21. The third-order valence-electron chi connectivity index (χ3n) is 3.07. The van der Waals surface area contributed by atoms with Crippen LogP contribution in [-0.4, -0.2) is 37.7 Å². The summed E-state index contributed by atoms with van der Waals surface area (Å²) in [6, 6.07) is 16.5. The van der Waals surface area contributed by atoms with Gasteiger partial charge in [0, 0.05) is 5.75 Å². The van der Waals surface area contributed by atoms with E-state index in [9.17, 15) is 5.11 Å². The molecule has 1 N–H and O–H groups in total. The molecule has 3 aromatic rings. The van der Waals surface area contributed by atoms with Gasteiger partial charge in [-0.2, -0.15) is 4.68 Å². The Kier molecular flexibility index (Phi) is 5.10. The van der Waals surface area contributed by atoms with Crippen molar-refractivity contribution in [2.45, 2.75) is 11.6 Å². The molecule has 0 fully saturated rings. The summed E-state index contributed by atoms with van der Waals surface area (Å²) in [6.07, 6.45) is 0.891. The molecule has 1 aromatic heterocycles. The second-order valence-electron chi connectivity index (χ2n) is 4.75. The Morgan fingerprint density at radius 2 is 1.83 bits per heavy atom. The van der Waals surface area contributed by atoms with Gasteiger partial charge in [0.1, 0.15) is 11.5 Å². The number of thioether (sulfide) groups is 1. The number of nitrogens with zero attached hydrogens (tertiary/aromatic N) is 4. The highest BCUT2D eigenvalue weighted by atomic mass is 32.2. The van der Waals surface area contributed by atoms with Crippen molar-refractivity contribution < 1.29 is 9.84 Å². The fourth-order valence-corrected chi connectivity index (χ4v) is 2.76. The molecule has 0 aliphatic rings. The predicted octanol–water partition coefficient (Wildman–Crippen LogP) is 2.93. The van der Waals surface area contributed by atoms with E-state index in [4.69, 9.17) is 4.74 Å². The van der Waals surface area contributed by atoms with E-state index < -0.39 is 0 Å². The van der Waals surface area contributed by atoms with Gasteiger partial charge < -0.3 is 9.84 Å². The van der Waals surface area contributed by atoms with Gasteiger partial charge in [-0.25, -0.2) is 0 Å². The molecule has 0 saturated heterocycles. The third-order valence-corrected chi connectivity index (χ3v) is 4.07. The molecule has 0 amide bonds. The predicted molar refractivity (Wildman–Crippen MR) is 88.1 cm³/mol. The highest BCUT2D eigenvalue weighted by molar-refractivity contribution is 7.99. The molecule has 2 aromatic carbocycles. The summed E-state index contributed by atoms with van der Waals surface area (Å²) >= 11 is 1.57. The van der Waals surface area contributed by atoms with E-state index in [0.717, 1.165) is 28.8 Å². The number of para-hydroxylation sites is 1. The number of hydrogen-bond donors (Lipinski definition) is 1. The fraction of sp³-hybridized carbons (Fsp3) is 0.188. The maximum Gasteiger partial charge on any atom is 0.214 e. The fourth-order valence-electron chi connectivity index (χ4n) is 1.95. The number of tetrazole rings is 1. The zero-order valence-electron chi connectivity index (χ0n) is 12.4. The first-order chi connectivity index (χ1) is 11.3. The standard InChI is InChI=1S/C16H16N4O2S/c21-14-9-7-13(8-10-14)20-16(17-18-19-20)23-12-4-11-22-15-5-2-1-3-6-15/h1-3,5-10,21H,4,11-12H2. The van der Waals surface area contributed by atoms with E-state index in [-0.39, 0.29) is 5.75 Å². The van der Waals surface area contributed by atoms with Gasteiger partial charge in [-0.3, -0.25) is 0 Å². The van der Waals surface area contributed by atoms with Crippen LogP contribution in [0.5, 0.6) is 11.5 Å². The van der Waals surface area contributed by atoms with Crippen LogP contribution in [0.1, 0.15) is 6.42 Å². The van der Waals surface area contributed by atoms with Crippen LogP contribution in [0.15, 0.2) is 59.8 Å². The van der Waals surface area contributed by atoms with Crippen LogP contribution < -0.4 is 4.74 Å². The molecule has 6 nitrogen and oxygen atoms in total. The van der Waals surface area contributed by atoms with E-state index in [1.54, 1.807) is 40.7 Å². The van der Waals surface area contributed by atoms with Crippen LogP contribution in [-0.2, 0) is 0 Å². The molecule has 0 unspecified atom stereocenters. The lowest BCUT2D eigenvalue weighted by atomic mass is 10.3. The third kappa shape index (κ3) is 4.23. The minimum atomic E-state index is 0.217. The zero-order valence-corrected chi connectivity index (χ0v) is 13.2. The van der Waals surface area contributed by atoms with Crippen molar-refractivity contribution in [3.8, 4) is 17.2 Å². The molecule has 0 saturated carbocycles. The highest BCUT2D eigenvalue weighted by Crippen LogP contribution is 2.20. The smallest absolute Gasteiger partial charge is 0.214 e. The van der Waals surface area contributed by atoms with Gasteiger partial charge in [-0.05, 0) is 53.2 Å². The van der Waals surface area contributed by atoms with Crippen LogP contribution in [0.2, 0.25) is 0 Å². The number of phenolic OH excluding ortho intramolecular Hbond substituents is 1. The number of aromatic hydroxyl groups is 1. The molecule has 23 heavy (non-hydrogen) atoms. The Morgan fingerprint density at radius 1 is 1.04 bits per heavy atom. The first-order valence-corrected chi connectivity index (χ1v) is 8.20. The van der Waals surface area contributed by atoms with E-state index in [0.29, 0.717) is 6.61 Å². The van der Waals surface area contributed by atoms with Gasteiger partial charge >= 0.3 is 0 Å². The Morgan fingerprint density at radius 3 is 2.61 bits per heavy atom. The summed E-state index contributed by atoms with van der Waals surface area (Å²) in [6.45, 7) is 0.651. The van der Waals surface area contributed by atoms with Crippen molar-refractivity contribution >= 4 is 11.8 Å². The van der Waals surface area contributed by atoms with Crippen LogP contribution in [0.25, 0.3) is 5.69 Å². The quantitative estimate of drug-likeness (QED) is 0.531. The summed E-state index contributed by atoms with van der Waals surface area (Å²) in [5.41, 5.74) is 0.816. The van der Waals surface area contributed by atoms with Crippen molar-refractivity contribution in [2.75, 3.05) is 12.4 Å². The maximum absolute atomic E-state index is 9.34. The molecular weight excluding hydrogens is 312 g/mol. The lowest BCUT2D eigenvalue weighted by Crippen LogP contribution is -2.01. The SMILES string of the molecule is Oc1ccc(-n2nnnc2SCCCOc2ccccc2)cc1. The monoisotopic (exact) mass is 328 g/mol. The number of phenols is 1. The number of ether oxygens (including phenoxy) is 1. The Bertz CT molecular complexity index is 731. The summed E-state index contributed by atoms with van der Waals surface area (Å²) in [4.78, 5) is 0. The number of benzene rings is 2. The highest BCUT2D eigenvalue weighted by Gasteiger charge is 2.08. The van der Waals surface area contributed by atoms with Crippen LogP contribution >= 0.6 is 11.8 Å². The molecular formula is C16H16N4O2S. The van der Waals surface area contributed by atoms with E-state index >= 15 is 0 Å². The van der Waals surface area contributed by atoms with Crippen molar-refractivity contribution in [3.05, 3.63) is 54.6 Å². The summed E-state index contributed by atoms with van der Waals surface area (Å²) in [5.74, 6) is 1.95. The van der Waals surface area contributed by atoms with Gasteiger partial charge in [-0.1, -0.05) is 30.0 Å². The zero-order chi connectivity index (χ0) is 15.9. The van der Waals surface area contributed by atoms with Crippen molar-refractivity contribution in [1.29, 1.82) is 0 Å². The van der Waals surface area contributed by atoms with Crippen LogP contribution in [0.3, 0.4) is 0 Å². The lowest BCUT2D eigenvalue weighted by molar-refractivity contribution is 0.318.